The lowest BCUT2D eigenvalue weighted by atomic mass is 10.00. The van der Waals surface area contributed by atoms with E-state index in [2.05, 4.69) is 11.4 Å². The van der Waals surface area contributed by atoms with Crippen molar-refractivity contribution in [3.05, 3.63) is 29.8 Å². The zero-order valence-electron chi connectivity index (χ0n) is 9.97. The monoisotopic (exact) mass is 232 g/mol. The van der Waals surface area contributed by atoms with Crippen LogP contribution < -0.4 is 5.32 Å². The Balaban J connectivity index is 2.86. The average molecular weight is 232 g/mol. The third kappa shape index (κ3) is 3.80. The number of hydrogen-bond acceptors (Lipinski definition) is 3. The molecule has 4 heteroatoms. The maximum absolute atomic E-state index is 10.8. The smallest absolute Gasteiger partial charge is 0.305 e. The number of carboxylic acid groups (broad SMARTS) is 1. The topological polar surface area (TPSA) is 73.1 Å². The molecule has 0 aliphatic carbocycles. The van der Waals surface area contributed by atoms with Crippen LogP contribution in [0.4, 0.5) is 5.69 Å². The van der Waals surface area contributed by atoms with Gasteiger partial charge in [0.25, 0.3) is 0 Å². The van der Waals surface area contributed by atoms with E-state index in [0.717, 1.165) is 0 Å². The van der Waals surface area contributed by atoms with E-state index in [4.69, 9.17) is 10.4 Å². The lowest BCUT2D eigenvalue weighted by Crippen LogP contribution is -2.28. The Bertz CT molecular complexity index is 435. The fourth-order valence-corrected chi connectivity index (χ4v) is 1.55. The molecule has 1 aromatic carbocycles. The van der Waals surface area contributed by atoms with Gasteiger partial charge in [-0.25, -0.2) is 0 Å². The molecular formula is C13H16N2O2. The van der Waals surface area contributed by atoms with Crippen molar-refractivity contribution in [2.45, 2.75) is 26.3 Å². The van der Waals surface area contributed by atoms with Gasteiger partial charge in [-0.2, -0.15) is 5.26 Å². The molecule has 1 aromatic rings. The zero-order chi connectivity index (χ0) is 12.8. The van der Waals surface area contributed by atoms with Crippen LogP contribution in [0.2, 0.25) is 0 Å². The Kier molecular flexibility index (Phi) is 4.53. The minimum atomic E-state index is -0.842. The number of anilines is 1. The molecule has 0 bridgehead atoms. The molecule has 2 N–H and O–H groups in total. The maximum atomic E-state index is 10.8. The lowest BCUT2D eigenvalue weighted by Gasteiger charge is -2.22. The predicted molar refractivity (Wildman–Crippen MR) is 65.7 cm³/mol. The summed E-state index contributed by atoms with van der Waals surface area (Å²) in [5, 5.41) is 20.9. The molecular weight excluding hydrogens is 216 g/mol. The molecule has 1 unspecified atom stereocenters. The summed E-state index contributed by atoms with van der Waals surface area (Å²) < 4.78 is 0. The highest BCUT2D eigenvalue weighted by Crippen LogP contribution is 2.19. The van der Waals surface area contributed by atoms with E-state index in [-0.39, 0.29) is 18.4 Å². The zero-order valence-corrected chi connectivity index (χ0v) is 9.97. The van der Waals surface area contributed by atoms with Gasteiger partial charge in [0.1, 0.15) is 6.07 Å². The predicted octanol–water partition coefficient (Wildman–Crippen LogP) is 2.47. The van der Waals surface area contributed by atoms with Crippen molar-refractivity contribution >= 4 is 11.7 Å². The number of nitrogens with zero attached hydrogens (tertiary/aromatic N) is 1. The highest BCUT2D eigenvalue weighted by molar-refractivity contribution is 5.69. The van der Waals surface area contributed by atoms with Crippen LogP contribution in [0, 0.1) is 17.2 Å². The molecule has 0 saturated carbocycles. The van der Waals surface area contributed by atoms with Crippen LogP contribution in [0.3, 0.4) is 0 Å². The lowest BCUT2D eigenvalue weighted by molar-refractivity contribution is -0.137. The van der Waals surface area contributed by atoms with Crippen LogP contribution in [-0.4, -0.2) is 17.1 Å². The molecule has 0 fully saturated rings. The molecule has 0 amide bonds. The molecule has 0 spiro atoms. The standard InChI is InChI=1S/C13H16N2O2/c1-9(2)12(7-13(16)17)15-11-6-4-3-5-10(11)8-14/h3-6,9,12,15H,7H2,1-2H3,(H,16,17). The number of benzene rings is 1. The van der Waals surface area contributed by atoms with Crippen molar-refractivity contribution in [2.75, 3.05) is 5.32 Å². The van der Waals surface area contributed by atoms with Gasteiger partial charge < -0.3 is 10.4 Å². The second-order valence-electron chi connectivity index (χ2n) is 4.25. The van der Waals surface area contributed by atoms with Crippen molar-refractivity contribution in [3.8, 4) is 6.07 Å². The van der Waals surface area contributed by atoms with Crippen molar-refractivity contribution in [1.29, 1.82) is 5.26 Å². The Morgan fingerprint density at radius 3 is 2.65 bits per heavy atom. The molecule has 90 valence electrons. The summed E-state index contributed by atoms with van der Waals surface area (Å²) in [4.78, 5) is 10.8. The van der Waals surface area contributed by atoms with Crippen molar-refractivity contribution in [2.24, 2.45) is 5.92 Å². The van der Waals surface area contributed by atoms with E-state index in [1.807, 2.05) is 19.9 Å². The summed E-state index contributed by atoms with van der Waals surface area (Å²) in [6.45, 7) is 3.91. The van der Waals surface area contributed by atoms with Gasteiger partial charge in [0, 0.05) is 6.04 Å². The number of rotatable bonds is 5. The summed E-state index contributed by atoms with van der Waals surface area (Å²) in [5.41, 5.74) is 1.22. The fourth-order valence-electron chi connectivity index (χ4n) is 1.55. The van der Waals surface area contributed by atoms with Crippen LogP contribution in [0.1, 0.15) is 25.8 Å². The van der Waals surface area contributed by atoms with Crippen LogP contribution in [0.15, 0.2) is 24.3 Å². The normalized spacial score (nSPS) is 11.9. The number of nitriles is 1. The van der Waals surface area contributed by atoms with Gasteiger partial charge in [-0.3, -0.25) is 4.79 Å². The summed E-state index contributed by atoms with van der Waals surface area (Å²) in [6.07, 6.45) is 0.0391. The number of nitrogens with one attached hydrogen (secondary N) is 1. The number of carboxylic acids is 1. The Morgan fingerprint density at radius 1 is 1.47 bits per heavy atom. The number of carbonyl (C=O) groups is 1. The van der Waals surface area contributed by atoms with Crippen LogP contribution >= 0.6 is 0 Å². The molecule has 1 atom stereocenters. The van der Waals surface area contributed by atoms with Crippen LogP contribution in [-0.2, 0) is 4.79 Å². The minimum absolute atomic E-state index is 0.0391. The summed E-state index contributed by atoms with van der Waals surface area (Å²) in [7, 11) is 0. The van der Waals surface area contributed by atoms with Gasteiger partial charge >= 0.3 is 5.97 Å². The van der Waals surface area contributed by atoms with E-state index >= 15 is 0 Å². The molecule has 0 saturated heterocycles. The first kappa shape index (κ1) is 13.0. The largest absolute Gasteiger partial charge is 0.481 e. The van der Waals surface area contributed by atoms with Crippen molar-refractivity contribution in [3.63, 3.8) is 0 Å². The van der Waals surface area contributed by atoms with Gasteiger partial charge in [-0.1, -0.05) is 26.0 Å². The van der Waals surface area contributed by atoms with Gasteiger partial charge in [0.05, 0.1) is 17.7 Å². The average Bonchev–Trinajstić information content (AvgIpc) is 2.28. The van der Waals surface area contributed by atoms with E-state index in [0.29, 0.717) is 11.3 Å². The van der Waals surface area contributed by atoms with E-state index < -0.39 is 5.97 Å². The molecule has 0 aliphatic heterocycles. The van der Waals surface area contributed by atoms with Gasteiger partial charge in [0.2, 0.25) is 0 Å². The maximum Gasteiger partial charge on any atom is 0.305 e. The molecule has 4 nitrogen and oxygen atoms in total. The number of hydrogen-bond donors (Lipinski definition) is 2. The number of aliphatic carboxylic acids is 1. The van der Waals surface area contributed by atoms with Crippen molar-refractivity contribution in [1.82, 2.24) is 0 Å². The number of para-hydroxylation sites is 1. The molecule has 17 heavy (non-hydrogen) atoms. The Labute approximate surface area is 101 Å². The molecule has 0 heterocycles. The third-order valence-corrected chi connectivity index (χ3v) is 2.59. The van der Waals surface area contributed by atoms with Crippen LogP contribution in [0.25, 0.3) is 0 Å². The second-order valence-corrected chi connectivity index (χ2v) is 4.25. The summed E-state index contributed by atoms with van der Waals surface area (Å²) >= 11 is 0. The van der Waals surface area contributed by atoms with Gasteiger partial charge in [-0.05, 0) is 18.1 Å². The third-order valence-electron chi connectivity index (χ3n) is 2.59. The van der Waals surface area contributed by atoms with Gasteiger partial charge in [0.15, 0.2) is 0 Å². The molecule has 1 rings (SSSR count). The van der Waals surface area contributed by atoms with Crippen molar-refractivity contribution < 1.29 is 9.90 Å². The summed E-state index contributed by atoms with van der Waals surface area (Å²) in [5.74, 6) is -0.663. The molecule has 0 aliphatic rings. The Hall–Kier alpha value is -2.02. The Morgan fingerprint density at radius 2 is 2.12 bits per heavy atom. The first-order valence-electron chi connectivity index (χ1n) is 5.52. The van der Waals surface area contributed by atoms with E-state index in [1.165, 1.54) is 0 Å². The quantitative estimate of drug-likeness (QED) is 0.817. The fraction of sp³-hybridized carbons (Fsp3) is 0.385. The molecule has 0 radical (unpaired) electrons. The van der Waals surface area contributed by atoms with E-state index in [9.17, 15) is 4.79 Å². The first-order chi connectivity index (χ1) is 8.04. The van der Waals surface area contributed by atoms with Crippen LogP contribution in [0.5, 0.6) is 0 Å². The minimum Gasteiger partial charge on any atom is -0.481 e. The highest BCUT2D eigenvalue weighted by atomic mass is 16.4. The second kappa shape index (κ2) is 5.90. The molecule has 0 aromatic heterocycles. The SMILES string of the molecule is CC(C)C(CC(=O)O)Nc1ccccc1C#N. The first-order valence-corrected chi connectivity index (χ1v) is 5.52. The van der Waals surface area contributed by atoms with E-state index in [1.54, 1.807) is 18.2 Å². The summed E-state index contributed by atoms with van der Waals surface area (Å²) in [6, 6.07) is 9.00. The highest BCUT2D eigenvalue weighted by Gasteiger charge is 2.17. The van der Waals surface area contributed by atoms with Gasteiger partial charge in [-0.15, -0.1) is 0 Å².